The van der Waals surface area contributed by atoms with Gasteiger partial charge in [-0.3, -0.25) is 19.2 Å². The smallest absolute Gasteiger partial charge is 0.346 e. The second kappa shape index (κ2) is 7.54. The van der Waals surface area contributed by atoms with Gasteiger partial charge in [0.1, 0.15) is 0 Å². The number of amides is 2. The largest absolute Gasteiger partial charge is 0.479 e. The number of nitrogens with zero attached hydrogens (tertiary/aromatic N) is 1. The minimum Gasteiger partial charge on any atom is -0.479 e. The fourth-order valence-corrected chi connectivity index (χ4v) is 1.73. The third-order valence-electron chi connectivity index (χ3n) is 2.67. The highest BCUT2D eigenvalue weighted by atomic mass is 16.4. The molecule has 11 heteroatoms. The summed E-state index contributed by atoms with van der Waals surface area (Å²) in [5.74, 6) is -7.35. The summed E-state index contributed by atoms with van der Waals surface area (Å²) in [6.07, 6.45) is 0. The van der Waals surface area contributed by atoms with Gasteiger partial charge in [0.2, 0.25) is 11.8 Å². The number of ketones is 2. The van der Waals surface area contributed by atoms with E-state index in [0.717, 1.165) is 0 Å². The van der Waals surface area contributed by atoms with Gasteiger partial charge in [0.05, 0.1) is 26.2 Å². The third-order valence-corrected chi connectivity index (χ3v) is 2.67. The van der Waals surface area contributed by atoms with E-state index >= 15 is 0 Å². The zero-order valence-electron chi connectivity index (χ0n) is 11.1. The van der Waals surface area contributed by atoms with Crippen LogP contribution in [0, 0.1) is 0 Å². The molecular formula is C10H17N5O6. The Hall–Kier alpha value is -2.21. The number of carboxylic acid groups (broad SMARTS) is 1. The molecule has 0 aromatic carbocycles. The van der Waals surface area contributed by atoms with Crippen LogP contribution in [0.5, 0.6) is 0 Å². The first-order chi connectivity index (χ1) is 9.75. The molecular weight excluding hydrogens is 286 g/mol. The maximum atomic E-state index is 11.9. The molecule has 0 aliphatic rings. The molecule has 0 aliphatic heterocycles. The lowest BCUT2D eigenvalue weighted by Gasteiger charge is -2.35. The van der Waals surface area contributed by atoms with E-state index in [9.17, 15) is 29.1 Å². The standard InChI is InChI=1S/C10H17N5O6/c11-1-5(16)10(9(20)21,6(17)2-12)15(7(18)3-13)8(19)4-14/h1-4,11-14H2,(H,20,21). The maximum absolute atomic E-state index is 11.9. The molecule has 9 N–H and O–H groups in total. The number of Topliss-reactive ketones (excluding diaryl/α,β-unsaturated/α-hetero) is 2. The monoisotopic (exact) mass is 303 g/mol. The topological polar surface area (TPSA) is 213 Å². The first kappa shape index (κ1) is 18.8. The summed E-state index contributed by atoms with van der Waals surface area (Å²) in [5.41, 5.74) is 17.2. The van der Waals surface area contributed by atoms with Crippen molar-refractivity contribution in [3.05, 3.63) is 0 Å². The summed E-state index contributed by atoms with van der Waals surface area (Å²) < 4.78 is 0. The Labute approximate surface area is 119 Å². The second-order valence-electron chi connectivity index (χ2n) is 3.80. The Kier molecular flexibility index (Phi) is 6.75. The number of hydrogen-bond acceptors (Lipinski definition) is 9. The molecule has 0 fully saturated rings. The summed E-state index contributed by atoms with van der Waals surface area (Å²) in [5, 5.41) is 9.31. The quantitative estimate of drug-likeness (QED) is 0.269. The molecule has 0 spiro atoms. The summed E-state index contributed by atoms with van der Waals surface area (Å²) >= 11 is 0. The Bertz CT molecular complexity index is 445. The molecule has 21 heavy (non-hydrogen) atoms. The number of hydrogen-bond donors (Lipinski definition) is 5. The molecule has 2 amide bonds. The highest BCUT2D eigenvalue weighted by molar-refractivity contribution is 6.31. The van der Waals surface area contributed by atoms with Crippen LogP contribution < -0.4 is 22.9 Å². The van der Waals surface area contributed by atoms with Gasteiger partial charge in [0.25, 0.3) is 5.54 Å². The van der Waals surface area contributed by atoms with E-state index in [0.29, 0.717) is 0 Å². The van der Waals surface area contributed by atoms with Crippen LogP contribution >= 0.6 is 0 Å². The average molecular weight is 303 g/mol. The van der Waals surface area contributed by atoms with Gasteiger partial charge in [-0.2, -0.15) is 0 Å². The Morgan fingerprint density at radius 3 is 1.29 bits per heavy atom. The van der Waals surface area contributed by atoms with Crippen molar-refractivity contribution in [2.75, 3.05) is 26.2 Å². The molecule has 0 unspecified atom stereocenters. The van der Waals surface area contributed by atoms with Crippen LogP contribution in [0.3, 0.4) is 0 Å². The van der Waals surface area contributed by atoms with Gasteiger partial charge in [-0.05, 0) is 0 Å². The summed E-state index contributed by atoms with van der Waals surface area (Å²) in [6, 6.07) is 0. The van der Waals surface area contributed by atoms with Crippen LogP contribution in [0.2, 0.25) is 0 Å². The highest BCUT2D eigenvalue weighted by Gasteiger charge is 2.59. The predicted octanol–water partition coefficient (Wildman–Crippen LogP) is -4.86. The Morgan fingerprint density at radius 1 is 0.762 bits per heavy atom. The summed E-state index contributed by atoms with van der Waals surface area (Å²) in [4.78, 5) is 58.9. The highest BCUT2D eigenvalue weighted by Crippen LogP contribution is 2.20. The zero-order valence-corrected chi connectivity index (χ0v) is 11.1. The molecule has 0 saturated heterocycles. The van der Waals surface area contributed by atoms with E-state index in [1.807, 2.05) is 0 Å². The second-order valence-corrected chi connectivity index (χ2v) is 3.80. The number of aliphatic carboxylic acids is 1. The average Bonchev–Trinajstić information content (AvgIpc) is 2.48. The maximum Gasteiger partial charge on any atom is 0.346 e. The Balaban J connectivity index is 6.47. The summed E-state index contributed by atoms with van der Waals surface area (Å²) in [6.45, 7) is -3.47. The van der Waals surface area contributed by atoms with Gasteiger partial charge in [-0.25, -0.2) is 9.69 Å². The Morgan fingerprint density at radius 2 is 1.10 bits per heavy atom. The molecule has 0 atom stereocenters. The number of imide groups is 1. The first-order valence-corrected chi connectivity index (χ1v) is 5.71. The van der Waals surface area contributed by atoms with Crippen molar-refractivity contribution < 1.29 is 29.1 Å². The van der Waals surface area contributed by atoms with Gasteiger partial charge in [0.15, 0.2) is 11.6 Å². The third kappa shape index (κ3) is 3.11. The van der Waals surface area contributed by atoms with Crippen LogP contribution in [0.15, 0.2) is 0 Å². The van der Waals surface area contributed by atoms with Crippen molar-refractivity contribution in [1.82, 2.24) is 4.90 Å². The van der Waals surface area contributed by atoms with Crippen molar-refractivity contribution >= 4 is 29.4 Å². The predicted molar refractivity (Wildman–Crippen MR) is 68.5 cm³/mol. The zero-order chi connectivity index (χ0) is 16.8. The molecule has 0 aromatic heterocycles. The number of carbonyl (C=O) groups excluding carboxylic acids is 4. The summed E-state index contributed by atoms with van der Waals surface area (Å²) in [7, 11) is 0. The van der Waals surface area contributed by atoms with E-state index in [4.69, 9.17) is 22.9 Å². The number of nitrogens with two attached hydrogens (primary N) is 4. The minimum atomic E-state index is -3.16. The van der Waals surface area contributed by atoms with E-state index < -0.39 is 61.1 Å². The molecule has 0 aromatic rings. The van der Waals surface area contributed by atoms with Gasteiger partial charge < -0.3 is 28.0 Å². The van der Waals surface area contributed by atoms with E-state index in [-0.39, 0.29) is 4.90 Å². The van der Waals surface area contributed by atoms with Gasteiger partial charge in [-0.1, -0.05) is 0 Å². The van der Waals surface area contributed by atoms with E-state index in [1.165, 1.54) is 0 Å². The minimum absolute atomic E-state index is 0.0697. The van der Waals surface area contributed by atoms with Crippen molar-refractivity contribution in [2.45, 2.75) is 5.54 Å². The molecule has 0 rings (SSSR count). The lowest BCUT2D eigenvalue weighted by molar-refractivity contribution is -0.172. The first-order valence-electron chi connectivity index (χ1n) is 5.71. The van der Waals surface area contributed by atoms with Gasteiger partial charge in [-0.15, -0.1) is 0 Å². The van der Waals surface area contributed by atoms with Crippen LogP contribution in [0.1, 0.15) is 0 Å². The molecule has 11 nitrogen and oxygen atoms in total. The van der Waals surface area contributed by atoms with Crippen molar-refractivity contribution in [1.29, 1.82) is 0 Å². The molecule has 0 heterocycles. The van der Waals surface area contributed by atoms with Crippen LogP contribution in [-0.4, -0.2) is 71.1 Å². The van der Waals surface area contributed by atoms with Crippen molar-refractivity contribution in [3.63, 3.8) is 0 Å². The fraction of sp³-hybridized carbons (Fsp3) is 0.500. The van der Waals surface area contributed by atoms with Crippen LogP contribution in [-0.2, 0) is 24.0 Å². The van der Waals surface area contributed by atoms with E-state index in [1.54, 1.807) is 0 Å². The van der Waals surface area contributed by atoms with Crippen molar-refractivity contribution in [2.24, 2.45) is 22.9 Å². The molecule has 0 saturated carbocycles. The molecule has 0 aliphatic carbocycles. The fourth-order valence-electron chi connectivity index (χ4n) is 1.73. The number of carbonyl (C=O) groups is 5. The van der Waals surface area contributed by atoms with Crippen LogP contribution in [0.4, 0.5) is 0 Å². The van der Waals surface area contributed by atoms with Crippen LogP contribution in [0.25, 0.3) is 0 Å². The van der Waals surface area contributed by atoms with E-state index in [2.05, 4.69) is 0 Å². The normalized spacial score (nSPS) is 10.9. The lowest BCUT2D eigenvalue weighted by atomic mass is 9.85. The number of rotatable bonds is 8. The lowest BCUT2D eigenvalue weighted by Crippen LogP contribution is -2.72. The SMILES string of the molecule is NCC(=O)N(C(=O)CN)C(C(=O)O)(C(=O)CN)C(=O)CN. The molecule has 118 valence electrons. The van der Waals surface area contributed by atoms with Gasteiger partial charge in [0, 0.05) is 0 Å². The van der Waals surface area contributed by atoms with Crippen molar-refractivity contribution in [3.8, 4) is 0 Å². The number of carboxylic acids is 1. The molecule has 0 bridgehead atoms. The van der Waals surface area contributed by atoms with Gasteiger partial charge >= 0.3 is 5.97 Å². The molecule has 0 radical (unpaired) electrons.